The predicted molar refractivity (Wildman–Crippen MR) is 67.7 cm³/mol. The Kier molecular flexibility index (Phi) is 4.01. The molecular weight excluding hydrogens is 248 g/mol. The Bertz CT molecular complexity index is 463. The molecule has 1 heterocycles. The van der Waals surface area contributed by atoms with E-state index in [1.807, 2.05) is 6.07 Å². The van der Waals surface area contributed by atoms with Crippen molar-refractivity contribution in [3.63, 3.8) is 0 Å². The van der Waals surface area contributed by atoms with Crippen LogP contribution >= 0.6 is 0 Å². The molecule has 0 bridgehead atoms. The number of aliphatic hydroxyl groups excluding tert-OH is 1. The lowest BCUT2D eigenvalue weighted by molar-refractivity contribution is -0.124. The number of rotatable bonds is 2. The third kappa shape index (κ3) is 3.03. The van der Waals surface area contributed by atoms with Gasteiger partial charge in [-0.25, -0.2) is 4.79 Å². The van der Waals surface area contributed by atoms with Gasteiger partial charge in [0.15, 0.2) is 0 Å². The SMILES string of the molecule is CNC(=O)[C@H]1C[C@@H](O)CN1C(=O)Oc1ccccc1. The number of hydrogen-bond acceptors (Lipinski definition) is 4. The monoisotopic (exact) mass is 264 g/mol. The first-order chi connectivity index (χ1) is 9.11. The summed E-state index contributed by atoms with van der Waals surface area (Å²) in [5, 5.41) is 12.1. The standard InChI is InChI=1S/C13H16N2O4/c1-14-12(17)11-7-9(16)8-15(11)13(18)19-10-5-3-2-4-6-10/h2-6,9,11,16H,7-8H2,1H3,(H,14,17)/t9-,11-/m1/s1. The number of likely N-dealkylation sites (N-methyl/N-ethyl adjacent to an activating group) is 1. The fraction of sp³-hybridized carbons (Fsp3) is 0.385. The van der Waals surface area contributed by atoms with Gasteiger partial charge in [-0.3, -0.25) is 9.69 Å². The quantitative estimate of drug-likeness (QED) is 0.808. The third-order valence-corrected chi connectivity index (χ3v) is 3.01. The van der Waals surface area contributed by atoms with Crippen molar-refractivity contribution in [3.8, 4) is 5.75 Å². The number of likely N-dealkylation sites (tertiary alicyclic amines) is 1. The maximum atomic E-state index is 12.0. The summed E-state index contributed by atoms with van der Waals surface area (Å²) in [6.45, 7) is 0.101. The van der Waals surface area contributed by atoms with Crippen LogP contribution in [0.2, 0.25) is 0 Å². The van der Waals surface area contributed by atoms with Crippen LogP contribution in [0, 0.1) is 0 Å². The molecule has 2 rings (SSSR count). The molecule has 6 nitrogen and oxygen atoms in total. The molecule has 1 aromatic carbocycles. The molecule has 6 heteroatoms. The third-order valence-electron chi connectivity index (χ3n) is 3.01. The number of nitrogens with zero attached hydrogens (tertiary/aromatic N) is 1. The summed E-state index contributed by atoms with van der Waals surface area (Å²) < 4.78 is 5.17. The van der Waals surface area contributed by atoms with Crippen LogP contribution in [0.1, 0.15) is 6.42 Å². The normalized spacial score (nSPS) is 22.1. The first kappa shape index (κ1) is 13.4. The van der Waals surface area contributed by atoms with Crippen molar-refractivity contribution in [2.24, 2.45) is 0 Å². The molecule has 0 radical (unpaired) electrons. The zero-order valence-electron chi connectivity index (χ0n) is 10.6. The number of hydrogen-bond donors (Lipinski definition) is 2. The molecule has 2 amide bonds. The largest absolute Gasteiger partial charge is 0.416 e. The van der Waals surface area contributed by atoms with Crippen molar-refractivity contribution in [2.45, 2.75) is 18.6 Å². The number of benzene rings is 1. The van der Waals surface area contributed by atoms with Gasteiger partial charge in [0.1, 0.15) is 11.8 Å². The molecule has 1 aromatic rings. The minimum atomic E-state index is -0.703. The Morgan fingerprint density at radius 3 is 2.68 bits per heavy atom. The van der Waals surface area contributed by atoms with Gasteiger partial charge in [0, 0.05) is 13.5 Å². The topological polar surface area (TPSA) is 78.9 Å². The Labute approximate surface area is 111 Å². The van der Waals surface area contributed by atoms with Crippen molar-refractivity contribution < 1.29 is 19.4 Å². The van der Waals surface area contributed by atoms with Crippen molar-refractivity contribution >= 4 is 12.0 Å². The van der Waals surface area contributed by atoms with E-state index in [2.05, 4.69) is 5.32 Å². The summed E-state index contributed by atoms with van der Waals surface area (Å²) >= 11 is 0. The Hall–Kier alpha value is -2.08. The molecule has 0 spiro atoms. The zero-order valence-corrected chi connectivity index (χ0v) is 10.6. The van der Waals surface area contributed by atoms with E-state index in [1.165, 1.54) is 11.9 Å². The lowest BCUT2D eigenvalue weighted by atomic mass is 10.2. The van der Waals surface area contributed by atoms with Gasteiger partial charge in [0.25, 0.3) is 0 Å². The first-order valence-electron chi connectivity index (χ1n) is 6.05. The van der Waals surface area contributed by atoms with Gasteiger partial charge in [-0.05, 0) is 12.1 Å². The van der Waals surface area contributed by atoms with Crippen LogP contribution in [-0.4, -0.2) is 47.7 Å². The van der Waals surface area contributed by atoms with Gasteiger partial charge < -0.3 is 15.2 Å². The van der Waals surface area contributed by atoms with Crippen molar-refractivity contribution in [1.82, 2.24) is 10.2 Å². The van der Waals surface area contributed by atoms with Crippen molar-refractivity contribution in [2.75, 3.05) is 13.6 Å². The van der Waals surface area contributed by atoms with Gasteiger partial charge in [-0.2, -0.15) is 0 Å². The summed E-state index contributed by atoms with van der Waals surface area (Å²) in [5.74, 6) is 0.103. The van der Waals surface area contributed by atoms with Crippen molar-refractivity contribution in [1.29, 1.82) is 0 Å². The average Bonchev–Trinajstić information content (AvgIpc) is 2.81. The van der Waals surface area contributed by atoms with E-state index in [1.54, 1.807) is 24.3 Å². The molecule has 1 aliphatic heterocycles. The van der Waals surface area contributed by atoms with Gasteiger partial charge >= 0.3 is 6.09 Å². The molecular formula is C13H16N2O4. The van der Waals surface area contributed by atoms with Gasteiger partial charge in [0.05, 0.1) is 12.6 Å². The molecule has 1 saturated heterocycles. The average molecular weight is 264 g/mol. The molecule has 19 heavy (non-hydrogen) atoms. The van der Waals surface area contributed by atoms with Crippen LogP contribution < -0.4 is 10.1 Å². The highest BCUT2D eigenvalue weighted by Gasteiger charge is 2.39. The zero-order chi connectivity index (χ0) is 13.8. The van der Waals surface area contributed by atoms with E-state index in [4.69, 9.17) is 4.74 Å². The molecule has 2 N–H and O–H groups in total. The number of aliphatic hydroxyl groups is 1. The number of carbonyl (C=O) groups is 2. The Morgan fingerprint density at radius 2 is 2.05 bits per heavy atom. The first-order valence-corrected chi connectivity index (χ1v) is 6.05. The number of nitrogens with one attached hydrogen (secondary N) is 1. The fourth-order valence-electron chi connectivity index (χ4n) is 2.08. The number of carbonyl (C=O) groups excluding carboxylic acids is 2. The second-order valence-electron chi connectivity index (χ2n) is 4.35. The summed E-state index contributed by atoms with van der Waals surface area (Å²) in [7, 11) is 1.49. The van der Waals surface area contributed by atoms with Gasteiger partial charge in [-0.1, -0.05) is 18.2 Å². The van der Waals surface area contributed by atoms with Crippen LogP contribution in [0.15, 0.2) is 30.3 Å². The molecule has 0 aromatic heterocycles. The van der Waals surface area contributed by atoms with E-state index in [9.17, 15) is 14.7 Å². The lowest BCUT2D eigenvalue weighted by Crippen LogP contribution is -2.46. The minimum absolute atomic E-state index is 0.101. The van der Waals surface area contributed by atoms with E-state index in [0.717, 1.165) is 0 Å². The molecule has 102 valence electrons. The molecule has 1 aliphatic rings. The summed E-state index contributed by atoms with van der Waals surface area (Å²) in [6.07, 6.45) is -1.11. The summed E-state index contributed by atoms with van der Waals surface area (Å²) in [4.78, 5) is 24.9. The van der Waals surface area contributed by atoms with Gasteiger partial charge in [-0.15, -0.1) is 0 Å². The maximum absolute atomic E-state index is 12.0. The highest BCUT2D eigenvalue weighted by molar-refractivity contribution is 5.86. The second-order valence-corrected chi connectivity index (χ2v) is 4.35. The minimum Gasteiger partial charge on any atom is -0.410 e. The van der Waals surface area contributed by atoms with E-state index in [0.29, 0.717) is 5.75 Å². The number of ether oxygens (including phenoxy) is 1. The Balaban J connectivity index is 2.07. The molecule has 0 saturated carbocycles. The molecule has 2 atom stereocenters. The van der Waals surface area contributed by atoms with E-state index in [-0.39, 0.29) is 18.9 Å². The second kappa shape index (κ2) is 5.71. The highest BCUT2D eigenvalue weighted by atomic mass is 16.6. The highest BCUT2D eigenvalue weighted by Crippen LogP contribution is 2.20. The lowest BCUT2D eigenvalue weighted by Gasteiger charge is -2.22. The number of para-hydroxylation sites is 1. The van der Waals surface area contributed by atoms with Crippen molar-refractivity contribution in [3.05, 3.63) is 30.3 Å². The summed E-state index contributed by atoms with van der Waals surface area (Å²) in [6, 6.07) is 7.93. The van der Waals surface area contributed by atoms with E-state index >= 15 is 0 Å². The molecule has 0 unspecified atom stereocenters. The summed E-state index contributed by atoms with van der Waals surface area (Å²) in [5.41, 5.74) is 0. The smallest absolute Gasteiger partial charge is 0.410 e. The van der Waals surface area contributed by atoms with Crippen LogP contribution in [0.5, 0.6) is 5.75 Å². The number of amides is 2. The van der Waals surface area contributed by atoms with Crippen LogP contribution in [0.4, 0.5) is 4.79 Å². The Morgan fingerprint density at radius 1 is 1.37 bits per heavy atom. The molecule has 0 aliphatic carbocycles. The fourth-order valence-corrected chi connectivity index (χ4v) is 2.08. The van der Waals surface area contributed by atoms with Gasteiger partial charge in [0.2, 0.25) is 5.91 Å². The molecule has 1 fully saturated rings. The van der Waals surface area contributed by atoms with Crippen LogP contribution in [0.3, 0.4) is 0 Å². The van der Waals surface area contributed by atoms with Crippen LogP contribution in [0.25, 0.3) is 0 Å². The maximum Gasteiger partial charge on any atom is 0.416 e. The predicted octanol–water partition coefficient (Wildman–Crippen LogP) is 0.367. The van der Waals surface area contributed by atoms with Crippen LogP contribution in [-0.2, 0) is 4.79 Å². The van der Waals surface area contributed by atoms with E-state index < -0.39 is 18.2 Å². The number of β-amino-alcohol motifs (C(OH)–C–C–N with tert-alkyl or cyclic N) is 1.